The molecule has 0 aromatic rings. The largest absolute Gasteiger partial charge is 0.414 e. The lowest BCUT2D eigenvalue weighted by molar-refractivity contribution is -0.136. The van der Waals surface area contributed by atoms with Gasteiger partial charge in [0, 0.05) is 17.8 Å². The van der Waals surface area contributed by atoms with Crippen LogP contribution in [0.25, 0.3) is 0 Å². The first-order valence-electron chi connectivity index (χ1n) is 52.6. The first-order valence-corrected chi connectivity index (χ1v) is 66.3. The van der Waals surface area contributed by atoms with Crippen LogP contribution in [0.2, 0.25) is 103 Å². The Bertz CT molecular complexity index is 2080. The van der Waals surface area contributed by atoms with E-state index < -0.39 is 85.8 Å². The summed E-state index contributed by atoms with van der Waals surface area (Å²) < 4.78 is 46.3. The maximum absolute atomic E-state index is 16.4. The van der Waals surface area contributed by atoms with E-state index in [1.165, 1.54) is 193 Å². The highest BCUT2D eigenvalue weighted by atomic mass is 28.4. The molecule has 1 aliphatic carbocycles. The van der Waals surface area contributed by atoms with Gasteiger partial charge in [-0.05, 0) is 122 Å². The SMILES string of the molecule is CCCCCCCC[Si](OCC(CO[Si](CCCCCCCC)(C(C)C)C(C)C)NC(=O)C1CC(C(=O)NC(CO[Si](CCCCCCCC)(C(C)C)C(C)C)CO[Si](CCCCCCCC)(C(C)C)C(C)C)CC(C(=O)NC(CO[Si](CCCCCCCC)(C(C)C)C(C)C)CO[Si](CCCCCCCC)(C(C)C)C(C)C)C1)(C(C)C)C(C)C. The standard InChI is InChI=1S/C102H213N3O9Si6/c1-31-37-43-49-55-61-67-115(82(7)8,83(9)10)109-76-97(77-110-116(84(11)12,85(13)14)68-62-56-50-44-38-32-2)103-100(106)94-73-95(101(107)104-98(78-111-117(86(15)16,87(17)18)69-63-57-51-45-39-33-3)79-112-118(88(19)20,89(21)22)70-64-58-52-46-40-34-4)75-96(74-94)102(108)105-99(80-113-119(90(23)24,91(25)26)71-65-59-53-47-41-35-5)81-114-120(92(27)28,93(29)30)72-66-60-54-48-42-36-6/h82-99H,31-81H2,1-30H3,(H,103,106)(H,104,107)(H,105,108). The van der Waals surface area contributed by atoms with Gasteiger partial charge < -0.3 is 42.5 Å². The van der Waals surface area contributed by atoms with E-state index in [9.17, 15) is 0 Å². The fourth-order valence-corrected chi connectivity index (χ4v) is 49.5. The van der Waals surface area contributed by atoms with Crippen LogP contribution in [0.4, 0.5) is 0 Å². The maximum Gasteiger partial charge on any atom is 0.223 e. The molecule has 3 N–H and O–H groups in total. The normalized spacial score (nSPS) is 15.9. The van der Waals surface area contributed by atoms with Crippen molar-refractivity contribution in [3.8, 4) is 0 Å². The van der Waals surface area contributed by atoms with E-state index in [0.29, 0.717) is 125 Å². The molecule has 1 saturated carbocycles. The summed E-state index contributed by atoms with van der Waals surface area (Å²) in [6.07, 6.45) is 45.5. The monoisotopic (exact) mass is 1790 g/mol. The smallest absolute Gasteiger partial charge is 0.223 e. The Morgan fingerprint density at radius 3 is 0.442 bits per heavy atom. The topological polar surface area (TPSA) is 143 Å². The van der Waals surface area contributed by atoms with Gasteiger partial charge in [-0.25, -0.2) is 0 Å². The van der Waals surface area contributed by atoms with Crippen LogP contribution in [0.15, 0.2) is 0 Å². The average molecular weight is 1790 g/mol. The first kappa shape index (κ1) is 117. The number of nitrogens with one attached hydrogen (secondary N) is 3. The summed E-state index contributed by atoms with van der Waals surface area (Å²) in [4.78, 5) is 49.3. The Balaban J connectivity index is 4.70. The molecule has 120 heavy (non-hydrogen) atoms. The van der Waals surface area contributed by atoms with Crippen molar-refractivity contribution >= 4 is 67.6 Å². The third-order valence-corrected chi connectivity index (χ3v) is 64.9. The Morgan fingerprint density at radius 1 is 0.208 bits per heavy atom. The Labute approximate surface area is 755 Å². The molecule has 0 atom stereocenters. The fraction of sp³-hybridized carbons (Fsp3) is 0.971. The van der Waals surface area contributed by atoms with Crippen molar-refractivity contribution in [2.45, 2.75) is 579 Å². The van der Waals surface area contributed by atoms with Crippen LogP contribution < -0.4 is 16.0 Å². The minimum Gasteiger partial charge on any atom is -0.414 e. The van der Waals surface area contributed by atoms with Gasteiger partial charge in [0.2, 0.25) is 17.7 Å². The van der Waals surface area contributed by atoms with Crippen molar-refractivity contribution in [1.29, 1.82) is 0 Å². The van der Waals surface area contributed by atoms with Crippen LogP contribution in [0.3, 0.4) is 0 Å². The highest BCUT2D eigenvalue weighted by Gasteiger charge is 2.50. The second kappa shape index (κ2) is 65.1. The second-order valence-corrected chi connectivity index (χ2v) is 73.0. The molecule has 18 heteroatoms. The van der Waals surface area contributed by atoms with Crippen molar-refractivity contribution in [3.63, 3.8) is 0 Å². The molecule has 0 heterocycles. The van der Waals surface area contributed by atoms with Gasteiger partial charge >= 0.3 is 0 Å². The number of carbonyl (C=O) groups is 3. The molecule has 1 aliphatic rings. The number of carbonyl (C=O) groups excluding carboxylic acids is 3. The van der Waals surface area contributed by atoms with E-state index >= 15 is 14.4 Å². The zero-order valence-corrected chi connectivity index (χ0v) is 92.1. The molecule has 0 saturated heterocycles. The summed E-state index contributed by atoms with van der Waals surface area (Å²) in [5, 5.41) is 11.3. The molecule has 0 aromatic carbocycles. The fourth-order valence-electron chi connectivity index (χ4n) is 21.8. The van der Waals surface area contributed by atoms with Crippen LogP contribution in [-0.2, 0) is 40.9 Å². The number of unbranched alkanes of at least 4 members (excludes halogenated alkanes) is 30. The third-order valence-electron chi connectivity index (χ3n) is 30.4. The summed E-state index contributed by atoms with van der Waals surface area (Å²) in [6, 6.07) is 5.31. The lowest BCUT2D eigenvalue weighted by atomic mass is 9.73. The van der Waals surface area contributed by atoms with Crippen LogP contribution >= 0.6 is 0 Å². The molecule has 0 aromatic heterocycles. The Hall–Kier alpha value is -0.529. The summed E-state index contributed by atoms with van der Waals surface area (Å²) >= 11 is 0. The van der Waals surface area contributed by atoms with Gasteiger partial charge in [-0.15, -0.1) is 0 Å². The highest BCUT2D eigenvalue weighted by Crippen LogP contribution is 2.46. The molecule has 3 amide bonds. The lowest BCUT2D eigenvalue weighted by Crippen LogP contribution is -2.56. The molecular formula is C102H213N3O9Si6. The van der Waals surface area contributed by atoms with E-state index in [-0.39, 0.29) is 17.7 Å². The molecular weight excluding hydrogens is 1580 g/mol. The van der Waals surface area contributed by atoms with E-state index in [0.717, 1.165) is 74.8 Å². The molecule has 0 unspecified atom stereocenters. The summed E-state index contributed by atoms with van der Waals surface area (Å²) in [6.45, 7) is 73.6. The average Bonchev–Trinajstić information content (AvgIpc) is 0.811. The van der Waals surface area contributed by atoms with E-state index in [2.05, 4.69) is 224 Å². The van der Waals surface area contributed by atoms with Gasteiger partial charge in [-0.1, -0.05) is 439 Å². The maximum atomic E-state index is 16.4. The quantitative estimate of drug-likeness (QED) is 0.0401. The predicted octanol–water partition coefficient (Wildman–Crippen LogP) is 32.3. The zero-order valence-electron chi connectivity index (χ0n) is 86.1. The van der Waals surface area contributed by atoms with Crippen molar-refractivity contribution in [1.82, 2.24) is 16.0 Å². The van der Waals surface area contributed by atoms with E-state index in [1.54, 1.807) is 0 Å². The molecule has 0 aliphatic heterocycles. The van der Waals surface area contributed by atoms with Gasteiger partial charge in [0.15, 0.2) is 49.9 Å². The van der Waals surface area contributed by atoms with Crippen molar-refractivity contribution in [2.24, 2.45) is 17.8 Å². The number of hydrogen-bond donors (Lipinski definition) is 3. The van der Waals surface area contributed by atoms with Gasteiger partial charge in [0.25, 0.3) is 0 Å². The molecule has 0 bridgehead atoms. The first-order chi connectivity index (χ1) is 56.9. The van der Waals surface area contributed by atoms with Gasteiger partial charge in [0.1, 0.15) is 0 Å². The van der Waals surface area contributed by atoms with Crippen LogP contribution in [0.1, 0.15) is 458 Å². The van der Waals surface area contributed by atoms with Crippen molar-refractivity contribution in [2.75, 3.05) is 39.6 Å². The van der Waals surface area contributed by atoms with Crippen molar-refractivity contribution in [3.05, 3.63) is 0 Å². The molecule has 1 fully saturated rings. The zero-order chi connectivity index (χ0) is 90.6. The third kappa shape index (κ3) is 40.9. The minimum atomic E-state index is -2.42. The molecule has 12 nitrogen and oxygen atoms in total. The van der Waals surface area contributed by atoms with Crippen LogP contribution in [-0.4, -0.2) is 125 Å². The number of hydrogen-bond acceptors (Lipinski definition) is 9. The van der Waals surface area contributed by atoms with Gasteiger partial charge in [-0.3, -0.25) is 14.4 Å². The Morgan fingerprint density at radius 2 is 0.325 bits per heavy atom. The summed E-state index contributed by atoms with van der Waals surface area (Å²) in [7, 11) is -14.5. The van der Waals surface area contributed by atoms with Gasteiger partial charge in [0.05, 0.1) is 57.8 Å². The highest BCUT2D eigenvalue weighted by molar-refractivity contribution is 6.78. The van der Waals surface area contributed by atoms with Crippen LogP contribution in [0, 0.1) is 17.8 Å². The minimum absolute atomic E-state index is 0.0964. The molecule has 1 rings (SSSR count). The Kier molecular flexibility index (Phi) is 63.7. The van der Waals surface area contributed by atoms with Gasteiger partial charge in [-0.2, -0.15) is 0 Å². The summed E-state index contributed by atoms with van der Waals surface area (Å²) in [5.41, 5.74) is 4.54. The molecule has 714 valence electrons. The van der Waals surface area contributed by atoms with Crippen molar-refractivity contribution < 1.29 is 40.9 Å². The number of rotatable bonds is 78. The van der Waals surface area contributed by atoms with E-state index in [4.69, 9.17) is 26.6 Å². The van der Waals surface area contributed by atoms with Crippen LogP contribution in [0.5, 0.6) is 0 Å². The molecule has 0 radical (unpaired) electrons. The number of amides is 3. The molecule has 0 spiro atoms. The lowest BCUT2D eigenvalue weighted by Gasteiger charge is -2.43. The van der Waals surface area contributed by atoms with E-state index in [1.807, 2.05) is 0 Å². The summed E-state index contributed by atoms with van der Waals surface area (Å²) in [5.74, 6) is -2.20. The predicted molar refractivity (Wildman–Crippen MR) is 541 cm³/mol. The second-order valence-electron chi connectivity index (χ2n) is 43.0.